The molecule has 2 atom stereocenters. The lowest BCUT2D eigenvalue weighted by atomic mass is 9.99. The predicted molar refractivity (Wildman–Crippen MR) is 64.2 cm³/mol. The molecule has 0 spiro atoms. The zero-order valence-corrected chi connectivity index (χ0v) is 10.1. The predicted octanol–water partition coefficient (Wildman–Crippen LogP) is 0.243. The van der Waals surface area contributed by atoms with Gasteiger partial charge in [0.2, 0.25) is 5.91 Å². The maximum atomic E-state index is 12.0. The van der Waals surface area contributed by atoms with Gasteiger partial charge in [0.1, 0.15) is 0 Å². The van der Waals surface area contributed by atoms with E-state index in [0.29, 0.717) is 12.0 Å². The Hall–Kier alpha value is -0.610. The van der Waals surface area contributed by atoms with Crippen LogP contribution in [0.4, 0.5) is 0 Å². The van der Waals surface area contributed by atoms with Crippen LogP contribution < -0.4 is 16.0 Å². The van der Waals surface area contributed by atoms with Crippen LogP contribution in [0.3, 0.4) is 0 Å². The van der Waals surface area contributed by atoms with Crippen molar-refractivity contribution in [3.05, 3.63) is 0 Å². The molecule has 1 saturated heterocycles. The van der Waals surface area contributed by atoms with Crippen LogP contribution in [0, 0.1) is 5.92 Å². The van der Waals surface area contributed by atoms with Crippen molar-refractivity contribution in [3.8, 4) is 0 Å². The first-order valence-electron chi connectivity index (χ1n) is 6.52. The summed E-state index contributed by atoms with van der Waals surface area (Å²) < 4.78 is 0. The smallest absolute Gasteiger partial charge is 0.238 e. The van der Waals surface area contributed by atoms with Crippen LogP contribution in [-0.2, 0) is 4.79 Å². The third-order valence-corrected chi connectivity index (χ3v) is 3.83. The van der Waals surface area contributed by atoms with Crippen LogP contribution >= 0.6 is 0 Å². The normalized spacial score (nSPS) is 28.9. The summed E-state index contributed by atoms with van der Waals surface area (Å²) in [6.07, 6.45) is 5.21. The van der Waals surface area contributed by atoms with Crippen molar-refractivity contribution < 1.29 is 4.79 Å². The van der Waals surface area contributed by atoms with Gasteiger partial charge in [0, 0.05) is 25.7 Å². The van der Waals surface area contributed by atoms with Crippen molar-refractivity contribution in [3.63, 3.8) is 0 Å². The molecule has 2 fully saturated rings. The molecule has 1 aliphatic carbocycles. The number of hydrogen-bond acceptors (Lipinski definition) is 3. The number of carbonyl (C=O) groups is 1. The Kier molecular flexibility index (Phi) is 4.18. The molecule has 2 unspecified atom stereocenters. The zero-order valence-electron chi connectivity index (χ0n) is 10.1. The van der Waals surface area contributed by atoms with Crippen LogP contribution in [0.1, 0.15) is 32.6 Å². The number of amides is 1. The fraction of sp³-hybridized carbons (Fsp3) is 0.917. The van der Waals surface area contributed by atoms with Crippen molar-refractivity contribution in [1.29, 1.82) is 0 Å². The van der Waals surface area contributed by atoms with Gasteiger partial charge in [-0.1, -0.05) is 12.8 Å². The van der Waals surface area contributed by atoms with Gasteiger partial charge in [-0.3, -0.25) is 4.79 Å². The largest absolute Gasteiger partial charge is 0.352 e. The molecule has 0 aromatic heterocycles. The standard InChI is InChI=1S/C12H23N3O/c1-9(10-4-2-3-5-10)15-12(16)11-8-13-6-7-14-11/h9-11,13-14H,2-8H2,1H3,(H,15,16). The molecule has 92 valence electrons. The average Bonchev–Trinajstić information content (AvgIpc) is 2.83. The van der Waals surface area contributed by atoms with Gasteiger partial charge in [0.05, 0.1) is 6.04 Å². The van der Waals surface area contributed by atoms with E-state index in [-0.39, 0.29) is 11.9 Å². The van der Waals surface area contributed by atoms with Crippen LogP contribution in [0.25, 0.3) is 0 Å². The third kappa shape index (κ3) is 2.95. The average molecular weight is 225 g/mol. The summed E-state index contributed by atoms with van der Waals surface area (Å²) in [5.41, 5.74) is 0. The van der Waals surface area contributed by atoms with Gasteiger partial charge in [-0.2, -0.15) is 0 Å². The summed E-state index contributed by atoms with van der Waals surface area (Å²) in [5, 5.41) is 9.63. The first-order valence-corrected chi connectivity index (χ1v) is 6.52. The first-order chi connectivity index (χ1) is 7.77. The maximum Gasteiger partial charge on any atom is 0.238 e. The molecule has 0 aromatic carbocycles. The van der Waals surface area contributed by atoms with Crippen molar-refractivity contribution in [1.82, 2.24) is 16.0 Å². The molecular formula is C12H23N3O. The van der Waals surface area contributed by atoms with Gasteiger partial charge < -0.3 is 16.0 Å². The quantitative estimate of drug-likeness (QED) is 0.645. The molecule has 0 aromatic rings. The Balaban J connectivity index is 1.76. The van der Waals surface area contributed by atoms with Gasteiger partial charge in [0.25, 0.3) is 0 Å². The summed E-state index contributed by atoms with van der Waals surface area (Å²) in [4.78, 5) is 12.0. The molecule has 0 bridgehead atoms. The lowest BCUT2D eigenvalue weighted by Crippen LogP contribution is -2.57. The molecule has 16 heavy (non-hydrogen) atoms. The number of nitrogens with one attached hydrogen (secondary N) is 3. The van der Waals surface area contributed by atoms with E-state index in [0.717, 1.165) is 19.6 Å². The van der Waals surface area contributed by atoms with E-state index in [1.807, 2.05) is 0 Å². The Labute approximate surface area is 97.6 Å². The highest BCUT2D eigenvalue weighted by Crippen LogP contribution is 2.27. The van der Waals surface area contributed by atoms with Crippen LogP contribution in [0.2, 0.25) is 0 Å². The summed E-state index contributed by atoms with van der Waals surface area (Å²) in [7, 11) is 0. The lowest BCUT2D eigenvalue weighted by Gasteiger charge is -2.27. The maximum absolute atomic E-state index is 12.0. The van der Waals surface area contributed by atoms with Gasteiger partial charge in [-0.05, 0) is 25.7 Å². The molecule has 1 aliphatic heterocycles. The minimum absolute atomic E-state index is 0.0439. The lowest BCUT2D eigenvalue weighted by molar-refractivity contribution is -0.124. The Morgan fingerprint density at radius 2 is 2.06 bits per heavy atom. The highest BCUT2D eigenvalue weighted by Gasteiger charge is 2.26. The number of rotatable bonds is 3. The van der Waals surface area contributed by atoms with Crippen molar-refractivity contribution in [2.75, 3.05) is 19.6 Å². The molecule has 3 N–H and O–H groups in total. The topological polar surface area (TPSA) is 53.2 Å². The highest BCUT2D eigenvalue weighted by molar-refractivity contribution is 5.82. The summed E-state index contributed by atoms with van der Waals surface area (Å²) >= 11 is 0. The van der Waals surface area contributed by atoms with Crippen LogP contribution in [-0.4, -0.2) is 37.6 Å². The Bertz CT molecular complexity index is 232. The summed E-state index contributed by atoms with van der Waals surface area (Å²) in [6.45, 7) is 4.74. The van der Waals surface area contributed by atoms with E-state index < -0.39 is 0 Å². The Morgan fingerprint density at radius 3 is 2.69 bits per heavy atom. The van der Waals surface area contributed by atoms with E-state index in [2.05, 4.69) is 22.9 Å². The highest BCUT2D eigenvalue weighted by atomic mass is 16.2. The molecule has 2 aliphatic rings. The molecule has 1 heterocycles. The van der Waals surface area contributed by atoms with Crippen molar-refractivity contribution in [2.24, 2.45) is 5.92 Å². The molecule has 1 amide bonds. The van der Waals surface area contributed by atoms with Crippen molar-refractivity contribution in [2.45, 2.75) is 44.7 Å². The first kappa shape index (κ1) is 11.9. The summed E-state index contributed by atoms with van der Waals surface area (Å²) in [5.74, 6) is 0.854. The van der Waals surface area contributed by atoms with Crippen LogP contribution in [0.5, 0.6) is 0 Å². The van der Waals surface area contributed by atoms with E-state index >= 15 is 0 Å². The molecule has 2 rings (SSSR count). The monoisotopic (exact) mass is 225 g/mol. The molecule has 4 heteroatoms. The second-order valence-electron chi connectivity index (χ2n) is 5.05. The SMILES string of the molecule is CC(NC(=O)C1CNCCN1)C1CCCC1. The molecule has 0 radical (unpaired) electrons. The second-order valence-corrected chi connectivity index (χ2v) is 5.05. The number of carbonyl (C=O) groups excluding carboxylic acids is 1. The fourth-order valence-electron chi connectivity index (χ4n) is 2.74. The number of hydrogen-bond donors (Lipinski definition) is 3. The fourth-order valence-corrected chi connectivity index (χ4v) is 2.74. The number of piperazine rings is 1. The second kappa shape index (κ2) is 5.64. The van der Waals surface area contributed by atoms with Gasteiger partial charge in [0.15, 0.2) is 0 Å². The van der Waals surface area contributed by atoms with E-state index in [1.54, 1.807) is 0 Å². The van der Waals surface area contributed by atoms with E-state index in [4.69, 9.17) is 0 Å². The van der Waals surface area contributed by atoms with E-state index in [9.17, 15) is 4.79 Å². The minimum atomic E-state index is -0.0439. The van der Waals surface area contributed by atoms with Crippen molar-refractivity contribution >= 4 is 5.91 Å². The van der Waals surface area contributed by atoms with Crippen LogP contribution in [0.15, 0.2) is 0 Å². The third-order valence-electron chi connectivity index (χ3n) is 3.83. The molecule has 4 nitrogen and oxygen atoms in total. The minimum Gasteiger partial charge on any atom is -0.352 e. The van der Waals surface area contributed by atoms with E-state index in [1.165, 1.54) is 25.7 Å². The Morgan fingerprint density at radius 1 is 1.31 bits per heavy atom. The molecular weight excluding hydrogens is 202 g/mol. The van der Waals surface area contributed by atoms with Gasteiger partial charge in [-0.25, -0.2) is 0 Å². The molecule has 1 saturated carbocycles. The zero-order chi connectivity index (χ0) is 11.4. The van der Waals surface area contributed by atoms with Gasteiger partial charge >= 0.3 is 0 Å². The summed E-state index contributed by atoms with van der Waals surface area (Å²) in [6, 6.07) is 0.288. The van der Waals surface area contributed by atoms with Gasteiger partial charge in [-0.15, -0.1) is 0 Å².